The minimum Gasteiger partial charge on any atom is -0.391 e. The predicted molar refractivity (Wildman–Crippen MR) is 65.0 cm³/mol. The highest BCUT2D eigenvalue weighted by molar-refractivity contribution is 5.39. The van der Waals surface area contributed by atoms with Crippen molar-refractivity contribution < 1.29 is 9.50 Å². The molecule has 6 heteroatoms. The summed E-state index contributed by atoms with van der Waals surface area (Å²) in [7, 11) is 0. The van der Waals surface area contributed by atoms with Crippen LogP contribution in [-0.4, -0.2) is 27.7 Å². The number of hydrogen-bond donors (Lipinski definition) is 3. The summed E-state index contributed by atoms with van der Waals surface area (Å²) in [6.07, 6.45) is 1.05. The number of nitrogens with zero attached hydrogens (tertiary/aromatic N) is 2. The van der Waals surface area contributed by atoms with Crippen LogP contribution in [0, 0.1) is 11.2 Å². The van der Waals surface area contributed by atoms with E-state index in [-0.39, 0.29) is 23.7 Å². The van der Waals surface area contributed by atoms with Gasteiger partial charge in [0.1, 0.15) is 0 Å². The van der Waals surface area contributed by atoms with E-state index in [9.17, 15) is 9.50 Å². The summed E-state index contributed by atoms with van der Waals surface area (Å²) in [6, 6.07) is 0. The second-order valence-corrected chi connectivity index (χ2v) is 5.22. The van der Waals surface area contributed by atoms with E-state index in [0.717, 1.165) is 6.20 Å². The maximum atomic E-state index is 13.2. The first kappa shape index (κ1) is 13.6. The van der Waals surface area contributed by atoms with Gasteiger partial charge in [0.25, 0.3) is 0 Å². The fourth-order valence-corrected chi connectivity index (χ4v) is 1.50. The summed E-state index contributed by atoms with van der Waals surface area (Å²) in [6.45, 7) is 6.31. The van der Waals surface area contributed by atoms with Crippen LogP contribution >= 0.6 is 0 Å². The Hall–Kier alpha value is -1.43. The zero-order chi connectivity index (χ0) is 13.1. The summed E-state index contributed by atoms with van der Waals surface area (Å²) in [5, 5.41) is 12.5. The Labute approximate surface area is 100 Å². The molecule has 4 N–H and O–H groups in total. The lowest BCUT2D eigenvalue weighted by atomic mass is 9.89. The first-order chi connectivity index (χ1) is 7.78. The zero-order valence-electron chi connectivity index (χ0n) is 10.4. The van der Waals surface area contributed by atoms with Gasteiger partial charge in [0, 0.05) is 6.54 Å². The zero-order valence-corrected chi connectivity index (χ0v) is 10.4. The standard InChI is InChI=1S/C11H19FN4O/c1-11(2,3)4-7(17)5-14-9-8(12)6-15-10(13)16-9/h6-7,17H,4-5H2,1-3H3,(H3,13,14,15,16). The van der Waals surface area contributed by atoms with Crippen LogP contribution in [0.1, 0.15) is 27.2 Å². The van der Waals surface area contributed by atoms with Crippen molar-refractivity contribution in [1.82, 2.24) is 9.97 Å². The van der Waals surface area contributed by atoms with Crippen molar-refractivity contribution in [1.29, 1.82) is 0 Å². The first-order valence-corrected chi connectivity index (χ1v) is 5.48. The van der Waals surface area contributed by atoms with Crippen molar-refractivity contribution in [3.05, 3.63) is 12.0 Å². The molecule has 0 amide bonds. The molecule has 0 aliphatic rings. The SMILES string of the molecule is CC(C)(C)CC(O)CNc1nc(N)ncc1F. The molecule has 1 aromatic rings. The van der Waals surface area contributed by atoms with E-state index in [4.69, 9.17) is 5.73 Å². The van der Waals surface area contributed by atoms with Gasteiger partial charge in [0.15, 0.2) is 11.6 Å². The molecule has 1 heterocycles. The van der Waals surface area contributed by atoms with Gasteiger partial charge in [-0.2, -0.15) is 4.98 Å². The topological polar surface area (TPSA) is 84.1 Å². The number of nitrogen functional groups attached to an aromatic ring is 1. The van der Waals surface area contributed by atoms with Gasteiger partial charge in [-0.15, -0.1) is 0 Å². The summed E-state index contributed by atoms with van der Waals surface area (Å²) >= 11 is 0. The van der Waals surface area contributed by atoms with E-state index in [1.807, 2.05) is 20.8 Å². The molecule has 0 aliphatic heterocycles. The van der Waals surface area contributed by atoms with Crippen LogP contribution in [0.3, 0.4) is 0 Å². The highest BCUT2D eigenvalue weighted by Gasteiger charge is 2.17. The van der Waals surface area contributed by atoms with Gasteiger partial charge >= 0.3 is 0 Å². The molecule has 1 rings (SSSR count). The average Bonchev–Trinajstić information content (AvgIpc) is 2.17. The number of rotatable bonds is 4. The molecular formula is C11H19FN4O. The molecule has 0 aliphatic carbocycles. The van der Waals surface area contributed by atoms with Crippen molar-refractivity contribution in [2.75, 3.05) is 17.6 Å². The third kappa shape index (κ3) is 4.95. The van der Waals surface area contributed by atoms with Gasteiger partial charge < -0.3 is 16.2 Å². The molecule has 0 bridgehead atoms. The summed E-state index contributed by atoms with van der Waals surface area (Å²) < 4.78 is 13.2. The smallest absolute Gasteiger partial charge is 0.222 e. The summed E-state index contributed by atoms with van der Waals surface area (Å²) in [5.41, 5.74) is 5.36. The first-order valence-electron chi connectivity index (χ1n) is 5.48. The third-order valence-electron chi connectivity index (χ3n) is 2.12. The van der Waals surface area contributed by atoms with Crippen molar-refractivity contribution in [2.24, 2.45) is 5.41 Å². The maximum Gasteiger partial charge on any atom is 0.222 e. The fraction of sp³-hybridized carbons (Fsp3) is 0.636. The Kier molecular flexibility index (Phi) is 4.22. The molecule has 0 saturated carbocycles. The van der Waals surface area contributed by atoms with E-state index in [1.54, 1.807) is 0 Å². The van der Waals surface area contributed by atoms with Gasteiger partial charge in [-0.3, -0.25) is 0 Å². The molecule has 96 valence electrons. The van der Waals surface area contributed by atoms with Crippen molar-refractivity contribution in [3.63, 3.8) is 0 Å². The Morgan fingerprint density at radius 3 is 2.76 bits per heavy atom. The van der Waals surface area contributed by atoms with Crippen molar-refractivity contribution >= 4 is 11.8 Å². The molecule has 17 heavy (non-hydrogen) atoms. The summed E-state index contributed by atoms with van der Waals surface area (Å²) in [4.78, 5) is 7.23. The minimum atomic E-state index is -0.581. The van der Waals surface area contributed by atoms with E-state index >= 15 is 0 Å². The largest absolute Gasteiger partial charge is 0.391 e. The van der Waals surface area contributed by atoms with E-state index in [1.165, 1.54) is 0 Å². The lowest BCUT2D eigenvalue weighted by Crippen LogP contribution is -2.25. The third-order valence-corrected chi connectivity index (χ3v) is 2.12. The normalized spacial score (nSPS) is 13.5. The molecule has 0 radical (unpaired) electrons. The molecule has 0 spiro atoms. The molecular weight excluding hydrogens is 223 g/mol. The fourth-order valence-electron chi connectivity index (χ4n) is 1.50. The minimum absolute atomic E-state index is 0.000730. The van der Waals surface area contributed by atoms with Crippen LogP contribution in [0.2, 0.25) is 0 Å². The van der Waals surface area contributed by atoms with Crippen LogP contribution in [0.4, 0.5) is 16.2 Å². The number of anilines is 2. The lowest BCUT2D eigenvalue weighted by molar-refractivity contribution is 0.132. The highest BCUT2D eigenvalue weighted by Crippen LogP contribution is 2.21. The number of aromatic nitrogens is 2. The lowest BCUT2D eigenvalue weighted by Gasteiger charge is -2.22. The van der Waals surface area contributed by atoms with Crippen LogP contribution in [0.5, 0.6) is 0 Å². The van der Waals surface area contributed by atoms with Crippen molar-refractivity contribution in [2.45, 2.75) is 33.3 Å². The number of nitrogens with two attached hydrogens (primary N) is 1. The summed E-state index contributed by atoms with van der Waals surface area (Å²) in [5.74, 6) is -0.563. The second-order valence-electron chi connectivity index (χ2n) is 5.22. The van der Waals surface area contributed by atoms with Gasteiger partial charge in [0.2, 0.25) is 5.95 Å². The van der Waals surface area contributed by atoms with Crippen molar-refractivity contribution in [3.8, 4) is 0 Å². The molecule has 5 nitrogen and oxygen atoms in total. The van der Waals surface area contributed by atoms with Gasteiger partial charge in [-0.05, 0) is 11.8 Å². The maximum absolute atomic E-state index is 13.2. The van der Waals surface area contributed by atoms with Gasteiger partial charge in [-0.25, -0.2) is 9.37 Å². The molecule has 1 atom stereocenters. The quantitative estimate of drug-likeness (QED) is 0.743. The highest BCUT2D eigenvalue weighted by atomic mass is 19.1. The molecule has 1 aromatic heterocycles. The van der Waals surface area contributed by atoms with Crippen LogP contribution in [0.15, 0.2) is 6.20 Å². The average molecular weight is 242 g/mol. The number of aliphatic hydroxyl groups excluding tert-OH is 1. The van der Waals surface area contributed by atoms with E-state index in [0.29, 0.717) is 6.42 Å². The van der Waals surface area contributed by atoms with Crippen LogP contribution < -0.4 is 11.1 Å². The Balaban J connectivity index is 2.53. The van der Waals surface area contributed by atoms with Gasteiger partial charge in [-0.1, -0.05) is 20.8 Å². The molecule has 0 aromatic carbocycles. The number of halogens is 1. The Morgan fingerprint density at radius 2 is 2.18 bits per heavy atom. The Bertz CT molecular complexity index is 378. The number of nitrogens with one attached hydrogen (secondary N) is 1. The second kappa shape index (κ2) is 5.27. The van der Waals surface area contributed by atoms with Crippen LogP contribution in [-0.2, 0) is 0 Å². The van der Waals surface area contributed by atoms with Gasteiger partial charge in [0.05, 0.1) is 12.3 Å². The van der Waals surface area contributed by atoms with Crippen LogP contribution in [0.25, 0.3) is 0 Å². The van der Waals surface area contributed by atoms with E-state index < -0.39 is 11.9 Å². The monoisotopic (exact) mass is 242 g/mol. The number of aliphatic hydroxyl groups is 1. The molecule has 0 fully saturated rings. The molecule has 1 unspecified atom stereocenters. The number of hydrogen-bond acceptors (Lipinski definition) is 5. The predicted octanol–water partition coefficient (Wildman–Crippen LogP) is 1.41. The molecule has 0 saturated heterocycles. The van der Waals surface area contributed by atoms with E-state index in [2.05, 4.69) is 15.3 Å². The Morgan fingerprint density at radius 1 is 1.53 bits per heavy atom.